The van der Waals surface area contributed by atoms with Crippen molar-refractivity contribution in [3.63, 3.8) is 0 Å². The number of anilines is 1. The van der Waals surface area contributed by atoms with Gasteiger partial charge in [-0.15, -0.1) is 4.52 Å². The van der Waals surface area contributed by atoms with Crippen LogP contribution < -0.4 is 5.32 Å². The Kier molecular flexibility index (Phi) is 6.85. The summed E-state index contributed by atoms with van der Waals surface area (Å²) in [6.45, 7) is -0.401. The number of nitrogens with zero attached hydrogens (tertiary/aromatic N) is 7. The normalized spacial score (nSPS) is 14.8. The monoisotopic (exact) mass is 515 g/mol. The van der Waals surface area contributed by atoms with E-state index in [1.165, 1.54) is 29.8 Å². The molecule has 36 heavy (non-hydrogen) atoms. The van der Waals surface area contributed by atoms with Gasteiger partial charge in [-0.2, -0.15) is 24.9 Å². The molecule has 0 atom stereocenters. The van der Waals surface area contributed by atoms with E-state index < -0.39 is 20.8 Å². The van der Waals surface area contributed by atoms with Crippen molar-refractivity contribution in [3.8, 4) is 22.8 Å². The van der Waals surface area contributed by atoms with Crippen LogP contribution in [0.3, 0.4) is 0 Å². The van der Waals surface area contributed by atoms with Crippen molar-refractivity contribution in [2.24, 2.45) is 0 Å². The summed E-state index contributed by atoms with van der Waals surface area (Å²) in [5.41, 5.74) is 2.00. The molecule has 0 unspecified atom stereocenters. The number of nitrogens with one attached hydrogen (secondary N) is 1. The van der Waals surface area contributed by atoms with Crippen molar-refractivity contribution in [2.45, 2.75) is 44.9 Å². The number of hydrogen-bond acceptors (Lipinski definition) is 11. The van der Waals surface area contributed by atoms with Crippen LogP contribution in [0.4, 0.5) is 5.69 Å². The first-order valence-electron chi connectivity index (χ1n) is 11.2. The standard InChI is InChI=1S/C21H23N8O6P/c30-20(18-12-34-21(26-18)14-8-24-28(10-14)13-35-36(31,32)33)25-17-11-29(15-4-2-1-3-5-15)27-19(17)16-9-22-6-7-23-16/h6-12,15,31-33H,1-5,13H2/p+1. The summed E-state index contributed by atoms with van der Waals surface area (Å²) in [5.74, 6) is -0.374. The Morgan fingerprint density at radius 1 is 1.17 bits per heavy atom. The first-order valence-corrected chi connectivity index (χ1v) is 12.8. The van der Waals surface area contributed by atoms with E-state index in [0.29, 0.717) is 22.6 Å². The first kappa shape index (κ1) is 24.2. The van der Waals surface area contributed by atoms with Crippen LogP contribution in [0.25, 0.3) is 22.8 Å². The second-order valence-corrected chi connectivity index (χ2v) is 9.57. The molecule has 4 heterocycles. The highest BCUT2D eigenvalue weighted by atomic mass is 31.2. The molecule has 4 aromatic heterocycles. The fourth-order valence-electron chi connectivity index (χ4n) is 4.00. The average molecular weight is 515 g/mol. The third-order valence-electron chi connectivity index (χ3n) is 5.71. The largest absolute Gasteiger partial charge is 0.569 e. The van der Waals surface area contributed by atoms with Gasteiger partial charge in [-0.1, -0.05) is 19.3 Å². The van der Waals surface area contributed by atoms with Crippen LogP contribution in [0, 0.1) is 0 Å². The van der Waals surface area contributed by atoms with E-state index in [0.717, 1.165) is 25.7 Å². The average Bonchev–Trinajstić information content (AvgIpc) is 3.63. The van der Waals surface area contributed by atoms with Gasteiger partial charge in [0.15, 0.2) is 12.4 Å². The minimum absolute atomic E-state index is 0.0375. The predicted molar refractivity (Wildman–Crippen MR) is 126 cm³/mol. The summed E-state index contributed by atoms with van der Waals surface area (Å²) in [6, 6.07) is 0.258. The molecule has 0 spiro atoms. The lowest BCUT2D eigenvalue weighted by Gasteiger charge is -2.21. The molecule has 0 radical (unpaired) electrons. The molecule has 5 rings (SSSR count). The molecular weight excluding hydrogens is 491 g/mol. The van der Waals surface area contributed by atoms with Gasteiger partial charge in [-0.3, -0.25) is 19.4 Å². The van der Waals surface area contributed by atoms with Crippen molar-refractivity contribution >= 4 is 19.8 Å². The highest BCUT2D eigenvalue weighted by Crippen LogP contribution is 2.45. The molecule has 1 fully saturated rings. The predicted octanol–water partition coefficient (Wildman–Crippen LogP) is 2.58. The SMILES string of the molecule is O=C(Nc1cn(C2CCCCC2)nc1-c1cnccn1)c1coc(-c2cnn(CO[P+](O)(O)O)c2)n1. The molecule has 1 amide bonds. The molecule has 0 bridgehead atoms. The number of rotatable bonds is 8. The van der Waals surface area contributed by atoms with Crippen molar-refractivity contribution in [3.05, 3.63) is 49.1 Å². The third-order valence-corrected chi connectivity index (χ3v) is 6.18. The van der Waals surface area contributed by atoms with Crippen LogP contribution in [-0.4, -0.2) is 55.1 Å². The van der Waals surface area contributed by atoms with Crippen LogP contribution in [-0.2, 0) is 11.3 Å². The molecule has 4 aromatic rings. The van der Waals surface area contributed by atoms with Gasteiger partial charge < -0.3 is 9.73 Å². The molecule has 1 saturated carbocycles. The Bertz CT molecular complexity index is 1330. The number of carbonyl (C=O) groups is 1. The summed E-state index contributed by atoms with van der Waals surface area (Å²) in [4.78, 5) is 52.5. The zero-order valence-electron chi connectivity index (χ0n) is 19.0. The van der Waals surface area contributed by atoms with Gasteiger partial charge in [0.1, 0.15) is 17.7 Å². The van der Waals surface area contributed by atoms with Crippen molar-refractivity contribution in [2.75, 3.05) is 5.32 Å². The van der Waals surface area contributed by atoms with Crippen molar-refractivity contribution < 1.29 is 28.4 Å². The molecular formula is C21H24N8O6P+. The second kappa shape index (κ2) is 10.2. The van der Waals surface area contributed by atoms with Crippen LogP contribution >= 0.6 is 8.17 Å². The Balaban J connectivity index is 1.34. The van der Waals surface area contributed by atoms with Crippen LogP contribution in [0.2, 0.25) is 0 Å². The van der Waals surface area contributed by atoms with Gasteiger partial charge in [-0.25, -0.2) is 9.67 Å². The highest BCUT2D eigenvalue weighted by molar-refractivity contribution is 7.53. The van der Waals surface area contributed by atoms with Gasteiger partial charge >= 0.3 is 8.17 Å². The zero-order valence-corrected chi connectivity index (χ0v) is 19.9. The Hall–Kier alpha value is -3.55. The van der Waals surface area contributed by atoms with Crippen LogP contribution in [0.5, 0.6) is 0 Å². The second-order valence-electron chi connectivity index (χ2n) is 8.29. The minimum Gasteiger partial charge on any atom is -0.444 e. The van der Waals surface area contributed by atoms with Gasteiger partial charge in [0, 0.05) is 24.8 Å². The maximum absolute atomic E-state index is 13.0. The van der Waals surface area contributed by atoms with Crippen molar-refractivity contribution in [1.29, 1.82) is 0 Å². The van der Waals surface area contributed by atoms with Gasteiger partial charge in [0.25, 0.3) is 5.91 Å². The molecule has 4 N–H and O–H groups in total. The fourth-order valence-corrected chi connectivity index (χ4v) is 4.28. The van der Waals surface area contributed by atoms with Gasteiger partial charge in [0.2, 0.25) is 5.89 Å². The van der Waals surface area contributed by atoms with E-state index in [1.54, 1.807) is 18.6 Å². The maximum atomic E-state index is 13.0. The number of amides is 1. The lowest BCUT2D eigenvalue weighted by molar-refractivity contribution is 0.102. The summed E-state index contributed by atoms with van der Waals surface area (Å²) < 4.78 is 13.0. The Morgan fingerprint density at radius 2 is 2.00 bits per heavy atom. The zero-order chi connectivity index (χ0) is 25.1. The maximum Gasteiger partial charge on any atom is 0.569 e. The molecule has 188 valence electrons. The number of oxazole rings is 1. The quantitative estimate of drug-likeness (QED) is 0.253. The third kappa shape index (κ3) is 5.64. The van der Waals surface area contributed by atoms with Gasteiger partial charge in [0.05, 0.1) is 29.7 Å². The molecule has 0 aliphatic heterocycles. The topological polar surface area (TPSA) is 186 Å². The summed E-state index contributed by atoms with van der Waals surface area (Å²) in [7, 11) is -4.39. The van der Waals surface area contributed by atoms with E-state index in [1.807, 2.05) is 10.9 Å². The molecule has 15 heteroatoms. The summed E-state index contributed by atoms with van der Waals surface area (Å²) in [6.07, 6.45) is 16.1. The summed E-state index contributed by atoms with van der Waals surface area (Å²) in [5, 5.41) is 11.5. The van der Waals surface area contributed by atoms with Crippen LogP contribution in [0.1, 0.15) is 48.6 Å². The van der Waals surface area contributed by atoms with E-state index >= 15 is 0 Å². The smallest absolute Gasteiger partial charge is 0.444 e. The fraction of sp³-hybridized carbons (Fsp3) is 0.333. The highest BCUT2D eigenvalue weighted by Gasteiger charge is 2.33. The van der Waals surface area contributed by atoms with E-state index in [-0.39, 0.29) is 17.6 Å². The number of hydrogen-bond donors (Lipinski definition) is 4. The molecule has 1 aliphatic carbocycles. The lowest BCUT2D eigenvalue weighted by Crippen LogP contribution is -2.14. The molecule has 1 aliphatic rings. The van der Waals surface area contributed by atoms with Gasteiger partial charge in [-0.05, 0) is 12.8 Å². The number of aromatic nitrogens is 7. The van der Waals surface area contributed by atoms with E-state index in [4.69, 9.17) is 24.2 Å². The molecule has 14 nitrogen and oxygen atoms in total. The Morgan fingerprint density at radius 3 is 2.75 bits per heavy atom. The van der Waals surface area contributed by atoms with Crippen molar-refractivity contribution in [1.82, 2.24) is 34.5 Å². The molecule has 0 aromatic carbocycles. The minimum atomic E-state index is -4.39. The number of carbonyl (C=O) groups excluding carboxylic acids is 1. The summed E-state index contributed by atoms with van der Waals surface area (Å²) >= 11 is 0. The molecule has 0 saturated heterocycles. The Labute approximate surface area is 205 Å². The van der Waals surface area contributed by atoms with E-state index in [2.05, 4.69) is 29.9 Å². The van der Waals surface area contributed by atoms with Crippen LogP contribution in [0.15, 0.2) is 47.9 Å². The first-order chi connectivity index (χ1) is 17.4. The lowest BCUT2D eigenvalue weighted by atomic mass is 9.96. The van der Waals surface area contributed by atoms with E-state index in [9.17, 15) is 4.79 Å².